The predicted octanol–water partition coefficient (Wildman–Crippen LogP) is 3.07. The van der Waals surface area contributed by atoms with Gasteiger partial charge in [0.25, 0.3) is 0 Å². The minimum atomic E-state index is -0.372. The van der Waals surface area contributed by atoms with Gasteiger partial charge in [-0.05, 0) is 48.4 Å². The average Bonchev–Trinajstić information content (AvgIpc) is 3.02. The zero-order chi connectivity index (χ0) is 17.1. The van der Waals surface area contributed by atoms with Crippen LogP contribution in [0.5, 0.6) is 5.75 Å². The van der Waals surface area contributed by atoms with Crippen molar-refractivity contribution in [2.45, 2.75) is 31.4 Å². The number of aliphatic hydroxyl groups excluding tert-OH is 1. The quantitative estimate of drug-likeness (QED) is 0.843. The molecule has 24 heavy (non-hydrogen) atoms. The van der Waals surface area contributed by atoms with Crippen molar-refractivity contribution in [3.63, 3.8) is 0 Å². The highest BCUT2D eigenvalue weighted by Crippen LogP contribution is 2.41. The van der Waals surface area contributed by atoms with Crippen LogP contribution in [-0.2, 0) is 11.2 Å². The number of methoxy groups -OCH3 is 1. The van der Waals surface area contributed by atoms with Crippen molar-refractivity contribution in [1.29, 1.82) is 0 Å². The number of hydrogen-bond acceptors (Lipinski definition) is 4. The van der Waals surface area contributed by atoms with E-state index in [1.807, 2.05) is 17.5 Å². The smallest absolute Gasteiger partial charge is 0.225 e. The van der Waals surface area contributed by atoms with Crippen LogP contribution in [0.1, 0.15) is 29.3 Å². The zero-order valence-electron chi connectivity index (χ0n) is 13.4. The molecule has 0 saturated heterocycles. The molecule has 1 aliphatic rings. The van der Waals surface area contributed by atoms with Gasteiger partial charge in [0.1, 0.15) is 11.6 Å². The van der Waals surface area contributed by atoms with Crippen molar-refractivity contribution in [3.8, 4) is 5.75 Å². The molecule has 1 amide bonds. The topological polar surface area (TPSA) is 58.6 Å². The van der Waals surface area contributed by atoms with E-state index in [0.29, 0.717) is 30.6 Å². The van der Waals surface area contributed by atoms with Gasteiger partial charge in [0, 0.05) is 10.4 Å². The summed E-state index contributed by atoms with van der Waals surface area (Å²) in [5.41, 5.74) is 0.619. The highest BCUT2D eigenvalue weighted by molar-refractivity contribution is 7.10. The fourth-order valence-corrected chi connectivity index (χ4v) is 3.80. The number of carbonyl (C=O) groups excluding carboxylic acids is 1. The first-order valence-corrected chi connectivity index (χ1v) is 8.78. The number of carbonyl (C=O) groups is 1. The maximum atomic E-state index is 13.7. The molecule has 1 fully saturated rings. The fraction of sp³-hybridized carbons (Fsp3) is 0.389. The van der Waals surface area contributed by atoms with Crippen molar-refractivity contribution >= 4 is 17.2 Å². The average molecular weight is 349 g/mol. The van der Waals surface area contributed by atoms with Gasteiger partial charge in [-0.15, -0.1) is 11.3 Å². The molecule has 0 spiro atoms. The van der Waals surface area contributed by atoms with Gasteiger partial charge in [0.2, 0.25) is 5.91 Å². The van der Waals surface area contributed by atoms with Crippen molar-refractivity contribution in [2.75, 3.05) is 7.11 Å². The molecule has 3 rings (SSSR count). The molecule has 4 nitrogen and oxygen atoms in total. The first-order valence-electron chi connectivity index (χ1n) is 7.90. The van der Waals surface area contributed by atoms with E-state index in [1.165, 1.54) is 30.6 Å². The summed E-state index contributed by atoms with van der Waals surface area (Å²) in [6.45, 7) is 0. The van der Waals surface area contributed by atoms with E-state index < -0.39 is 0 Å². The van der Waals surface area contributed by atoms with E-state index in [0.717, 1.165) is 4.88 Å². The number of hydrogen-bond donors (Lipinski definition) is 2. The van der Waals surface area contributed by atoms with Crippen LogP contribution in [-0.4, -0.2) is 24.2 Å². The Morgan fingerprint density at radius 3 is 2.88 bits per heavy atom. The number of rotatable bonds is 6. The van der Waals surface area contributed by atoms with Crippen LogP contribution >= 0.6 is 11.3 Å². The molecule has 0 radical (unpaired) electrons. The summed E-state index contributed by atoms with van der Waals surface area (Å²) in [4.78, 5) is 13.4. The van der Waals surface area contributed by atoms with Gasteiger partial charge in [-0.3, -0.25) is 4.79 Å². The third-order valence-electron chi connectivity index (χ3n) is 4.38. The van der Waals surface area contributed by atoms with Crippen LogP contribution < -0.4 is 10.1 Å². The Morgan fingerprint density at radius 1 is 1.46 bits per heavy atom. The summed E-state index contributed by atoms with van der Waals surface area (Å²) in [6, 6.07) is 7.75. The van der Waals surface area contributed by atoms with E-state index in [1.54, 1.807) is 6.07 Å². The Balaban J connectivity index is 1.81. The molecule has 1 atom stereocenters. The zero-order valence-corrected chi connectivity index (χ0v) is 14.2. The van der Waals surface area contributed by atoms with Crippen LogP contribution in [0.25, 0.3) is 0 Å². The molecule has 2 aromatic rings. The number of halogens is 1. The normalized spacial score (nSPS) is 21.0. The number of nitrogens with one attached hydrogen (secondary N) is 1. The van der Waals surface area contributed by atoms with Gasteiger partial charge in [0.15, 0.2) is 0 Å². The Kier molecular flexibility index (Phi) is 5.16. The number of aliphatic hydroxyl groups is 1. The van der Waals surface area contributed by atoms with Crippen LogP contribution in [0.2, 0.25) is 0 Å². The van der Waals surface area contributed by atoms with E-state index in [2.05, 4.69) is 5.32 Å². The van der Waals surface area contributed by atoms with Crippen molar-refractivity contribution < 1.29 is 19.0 Å². The standard InChI is InChI=1S/C18H20FNO3S/c1-23-16-5-4-12(19)9-15(16)18(11-7-13(21)8-11)20-17(22)10-14-3-2-6-24-14/h2-6,9,11,13,18,21H,7-8,10H2,1H3,(H,20,22)/t11?,13?,18-/m1/s1. The van der Waals surface area contributed by atoms with Crippen molar-refractivity contribution in [1.82, 2.24) is 5.32 Å². The van der Waals surface area contributed by atoms with E-state index in [9.17, 15) is 14.3 Å². The number of ether oxygens (including phenoxy) is 1. The first kappa shape index (κ1) is 16.9. The highest BCUT2D eigenvalue weighted by Gasteiger charge is 2.37. The fourth-order valence-electron chi connectivity index (χ4n) is 3.10. The Bertz CT molecular complexity index is 698. The Hall–Kier alpha value is -1.92. The molecule has 128 valence electrons. The summed E-state index contributed by atoms with van der Waals surface area (Å²) < 4.78 is 19.1. The summed E-state index contributed by atoms with van der Waals surface area (Å²) in [7, 11) is 1.52. The molecular formula is C18H20FNO3S. The molecule has 2 N–H and O–H groups in total. The second-order valence-electron chi connectivity index (χ2n) is 6.07. The molecular weight excluding hydrogens is 329 g/mol. The van der Waals surface area contributed by atoms with Crippen LogP contribution in [0, 0.1) is 11.7 Å². The van der Waals surface area contributed by atoms with Crippen molar-refractivity contribution in [3.05, 3.63) is 52.0 Å². The van der Waals surface area contributed by atoms with Gasteiger partial charge in [-0.2, -0.15) is 0 Å². The molecule has 6 heteroatoms. The van der Waals surface area contributed by atoms with Gasteiger partial charge < -0.3 is 15.2 Å². The third kappa shape index (κ3) is 3.76. The molecule has 1 heterocycles. The number of benzene rings is 1. The van der Waals surface area contributed by atoms with Gasteiger partial charge in [-0.25, -0.2) is 4.39 Å². The van der Waals surface area contributed by atoms with Crippen LogP contribution in [0.4, 0.5) is 4.39 Å². The predicted molar refractivity (Wildman–Crippen MR) is 90.6 cm³/mol. The minimum Gasteiger partial charge on any atom is -0.496 e. The van der Waals surface area contributed by atoms with Gasteiger partial charge in [0.05, 0.1) is 25.7 Å². The lowest BCUT2D eigenvalue weighted by Gasteiger charge is -2.38. The highest BCUT2D eigenvalue weighted by atomic mass is 32.1. The molecule has 0 bridgehead atoms. The Labute approximate surface area is 144 Å². The number of thiophene rings is 1. The van der Waals surface area contributed by atoms with Crippen LogP contribution in [0.3, 0.4) is 0 Å². The summed E-state index contributed by atoms with van der Waals surface area (Å²) in [6.07, 6.45) is 1.11. The third-order valence-corrected chi connectivity index (χ3v) is 5.26. The monoisotopic (exact) mass is 349 g/mol. The molecule has 1 aliphatic carbocycles. The summed E-state index contributed by atoms with van der Waals surface area (Å²) >= 11 is 1.53. The lowest BCUT2D eigenvalue weighted by atomic mass is 9.74. The molecule has 0 unspecified atom stereocenters. The lowest BCUT2D eigenvalue weighted by Crippen LogP contribution is -2.42. The SMILES string of the molecule is COc1ccc(F)cc1[C@H](NC(=O)Cc1cccs1)C1CC(O)C1. The molecule has 0 aliphatic heterocycles. The first-order chi connectivity index (χ1) is 11.6. The van der Waals surface area contributed by atoms with Gasteiger partial charge >= 0.3 is 0 Å². The van der Waals surface area contributed by atoms with Crippen LogP contribution in [0.15, 0.2) is 35.7 Å². The minimum absolute atomic E-state index is 0.0722. The second kappa shape index (κ2) is 7.32. The second-order valence-corrected chi connectivity index (χ2v) is 7.11. The van der Waals surface area contributed by atoms with E-state index >= 15 is 0 Å². The molecule has 1 aromatic carbocycles. The summed E-state index contributed by atoms with van der Waals surface area (Å²) in [5, 5.41) is 14.6. The largest absolute Gasteiger partial charge is 0.496 e. The van der Waals surface area contributed by atoms with E-state index in [-0.39, 0.29) is 29.8 Å². The number of amides is 1. The maximum Gasteiger partial charge on any atom is 0.225 e. The van der Waals surface area contributed by atoms with Gasteiger partial charge in [-0.1, -0.05) is 6.07 Å². The lowest BCUT2D eigenvalue weighted by molar-refractivity contribution is -0.122. The maximum absolute atomic E-state index is 13.7. The van der Waals surface area contributed by atoms with E-state index in [4.69, 9.17) is 4.74 Å². The summed E-state index contributed by atoms with van der Waals surface area (Å²) in [5.74, 6) is 0.125. The molecule has 1 aromatic heterocycles. The Morgan fingerprint density at radius 2 is 2.25 bits per heavy atom. The molecule has 1 saturated carbocycles. The van der Waals surface area contributed by atoms with Crippen molar-refractivity contribution in [2.24, 2.45) is 5.92 Å².